The number of nitrogens with zero attached hydrogens (tertiary/aromatic N) is 4. The molecule has 1 aromatic carbocycles. The normalized spacial score (nSPS) is 21.4. The predicted molar refractivity (Wildman–Crippen MR) is 170 cm³/mol. The maximum atomic E-state index is 11.0. The fourth-order valence-electron chi connectivity index (χ4n) is 6.76. The molecule has 4 aliphatic rings. The first-order valence-corrected chi connectivity index (χ1v) is 15.8. The van der Waals surface area contributed by atoms with Gasteiger partial charge in [0.15, 0.2) is 17.4 Å². The summed E-state index contributed by atoms with van der Waals surface area (Å²) in [6.07, 6.45) is 12.3. The van der Waals surface area contributed by atoms with Crippen LogP contribution in [0, 0.1) is 11.3 Å². The standard InChI is InChI=1S/C22H32N6.C10H10O2.C2H6/c1-3-15(2)11-22-12-17(13-22)28(14-22)21-23-9-8-19(25-21)24-20-10-18(26-27-20)16-6-4-5-7-16;1-7(11)9-5-3-4-6-10(9)8(2)12;1-2/h8-10,15-17H,3-7,11-14H2,1-2H3,(H2,23,24,25,26,27);3-6H,1-2H3;1-2H3. The van der Waals surface area contributed by atoms with Crippen LogP contribution in [0.15, 0.2) is 42.6 Å². The van der Waals surface area contributed by atoms with Gasteiger partial charge >= 0.3 is 0 Å². The van der Waals surface area contributed by atoms with Crippen molar-refractivity contribution in [1.29, 1.82) is 0 Å². The Morgan fingerprint density at radius 1 is 1.05 bits per heavy atom. The number of aromatic nitrogens is 4. The van der Waals surface area contributed by atoms with E-state index in [1.807, 2.05) is 26.1 Å². The topological polar surface area (TPSA) is 104 Å². The van der Waals surface area contributed by atoms with E-state index in [1.54, 1.807) is 24.3 Å². The molecule has 2 aliphatic carbocycles. The van der Waals surface area contributed by atoms with Crippen LogP contribution in [0.3, 0.4) is 0 Å². The van der Waals surface area contributed by atoms with E-state index in [0.717, 1.165) is 30.0 Å². The smallest absolute Gasteiger partial charge is 0.227 e. The Morgan fingerprint density at radius 2 is 1.69 bits per heavy atom. The maximum Gasteiger partial charge on any atom is 0.227 e. The van der Waals surface area contributed by atoms with Crippen molar-refractivity contribution >= 4 is 29.2 Å². The van der Waals surface area contributed by atoms with E-state index in [4.69, 9.17) is 4.98 Å². The van der Waals surface area contributed by atoms with Crippen molar-refractivity contribution in [3.63, 3.8) is 0 Å². The first-order valence-electron chi connectivity index (χ1n) is 15.8. The molecule has 226 valence electrons. The third-order valence-electron chi connectivity index (χ3n) is 9.00. The Labute approximate surface area is 251 Å². The quantitative estimate of drug-likeness (QED) is 0.250. The number of hydrogen-bond acceptors (Lipinski definition) is 7. The number of carbonyl (C=O) groups is 2. The van der Waals surface area contributed by atoms with Crippen LogP contribution >= 0.6 is 0 Å². The number of hydrogen-bond donors (Lipinski definition) is 2. The highest BCUT2D eigenvalue weighted by Crippen LogP contribution is 2.56. The van der Waals surface area contributed by atoms with Gasteiger partial charge in [-0.2, -0.15) is 10.1 Å². The van der Waals surface area contributed by atoms with Gasteiger partial charge in [0.2, 0.25) is 5.95 Å². The van der Waals surface area contributed by atoms with Gasteiger partial charge in [-0.3, -0.25) is 14.7 Å². The summed E-state index contributed by atoms with van der Waals surface area (Å²) in [5.74, 6) is 3.86. The van der Waals surface area contributed by atoms with Gasteiger partial charge in [0, 0.05) is 47.6 Å². The van der Waals surface area contributed by atoms with E-state index in [9.17, 15) is 9.59 Å². The molecule has 2 saturated carbocycles. The lowest BCUT2D eigenvalue weighted by atomic mass is 9.65. The number of Topliss-reactive ketones (excluding diaryl/α,β-unsaturated/α-hetero) is 2. The Hall–Kier alpha value is -3.55. The van der Waals surface area contributed by atoms with Crippen molar-refractivity contribution in [2.24, 2.45) is 11.3 Å². The highest BCUT2D eigenvalue weighted by Gasteiger charge is 2.55. The molecule has 4 heterocycles. The molecule has 3 aromatic rings. The first kappa shape index (κ1) is 31.4. The van der Waals surface area contributed by atoms with Gasteiger partial charge in [-0.05, 0) is 63.4 Å². The molecule has 2 aliphatic heterocycles. The third-order valence-corrected chi connectivity index (χ3v) is 9.00. The second-order valence-electron chi connectivity index (χ2n) is 12.1. The van der Waals surface area contributed by atoms with Crippen LogP contribution in [-0.2, 0) is 0 Å². The van der Waals surface area contributed by atoms with Crippen molar-refractivity contribution in [1.82, 2.24) is 20.2 Å². The number of fused-ring (bicyclic) bond motifs is 1. The van der Waals surface area contributed by atoms with E-state index in [2.05, 4.69) is 45.3 Å². The number of benzene rings is 1. The maximum absolute atomic E-state index is 11.0. The molecule has 8 nitrogen and oxygen atoms in total. The average molecular weight is 573 g/mol. The second-order valence-corrected chi connectivity index (χ2v) is 12.1. The van der Waals surface area contributed by atoms with E-state index in [-0.39, 0.29) is 11.6 Å². The minimum absolute atomic E-state index is 0.0687. The van der Waals surface area contributed by atoms with Crippen LogP contribution in [0.5, 0.6) is 0 Å². The summed E-state index contributed by atoms with van der Waals surface area (Å²) in [6.45, 7) is 12.7. The molecular weight excluding hydrogens is 524 g/mol. The van der Waals surface area contributed by atoms with Gasteiger partial charge in [-0.1, -0.05) is 71.2 Å². The summed E-state index contributed by atoms with van der Waals surface area (Å²) in [5, 5.41) is 11.0. The molecule has 0 spiro atoms. The predicted octanol–water partition coefficient (Wildman–Crippen LogP) is 8.12. The van der Waals surface area contributed by atoms with Gasteiger partial charge in [0.25, 0.3) is 0 Å². The molecule has 2 saturated heterocycles. The summed E-state index contributed by atoms with van der Waals surface area (Å²) >= 11 is 0. The molecule has 1 unspecified atom stereocenters. The Morgan fingerprint density at radius 3 is 2.29 bits per heavy atom. The van der Waals surface area contributed by atoms with Crippen LogP contribution in [0.1, 0.15) is 125 Å². The van der Waals surface area contributed by atoms with Crippen molar-refractivity contribution in [2.45, 2.75) is 105 Å². The minimum Gasteiger partial charge on any atom is -0.337 e. The summed E-state index contributed by atoms with van der Waals surface area (Å²) in [6, 6.07) is 11.5. The fraction of sp³-hybridized carbons (Fsp3) is 0.559. The zero-order valence-electron chi connectivity index (χ0n) is 26.2. The molecular formula is C34H48N6O2. The molecule has 0 amide bonds. The number of anilines is 3. The van der Waals surface area contributed by atoms with Gasteiger partial charge in [0.1, 0.15) is 5.82 Å². The highest BCUT2D eigenvalue weighted by molar-refractivity contribution is 6.07. The molecule has 4 fully saturated rings. The van der Waals surface area contributed by atoms with Crippen molar-refractivity contribution in [3.05, 3.63) is 59.4 Å². The molecule has 0 radical (unpaired) electrons. The summed E-state index contributed by atoms with van der Waals surface area (Å²) in [4.78, 5) is 33.9. The van der Waals surface area contributed by atoms with Crippen LogP contribution in [-0.4, -0.2) is 44.3 Å². The van der Waals surface area contributed by atoms with Crippen LogP contribution < -0.4 is 10.2 Å². The van der Waals surface area contributed by atoms with Gasteiger partial charge in [0.05, 0.1) is 0 Å². The monoisotopic (exact) mass is 572 g/mol. The Kier molecular flexibility index (Phi) is 10.5. The zero-order chi connectivity index (χ0) is 30.3. The number of H-pyrrole nitrogens is 1. The molecule has 2 bridgehead atoms. The number of ketones is 2. The van der Waals surface area contributed by atoms with E-state index in [0.29, 0.717) is 28.5 Å². The van der Waals surface area contributed by atoms with Crippen molar-refractivity contribution in [3.8, 4) is 0 Å². The number of rotatable bonds is 9. The average Bonchev–Trinajstić information content (AvgIpc) is 3.79. The molecule has 2 aromatic heterocycles. The van der Waals surface area contributed by atoms with E-state index < -0.39 is 0 Å². The number of aromatic amines is 1. The summed E-state index contributed by atoms with van der Waals surface area (Å²) < 4.78 is 0. The van der Waals surface area contributed by atoms with Crippen LogP contribution in [0.25, 0.3) is 0 Å². The number of nitrogens with one attached hydrogen (secondary N) is 2. The van der Waals surface area contributed by atoms with Crippen molar-refractivity contribution in [2.75, 3.05) is 16.8 Å². The second kappa shape index (κ2) is 14.1. The SMILES string of the molecule is CC.CC(=O)c1ccccc1C(C)=O.CCC(C)CC12CC(C1)N(c1nccc(Nc3cc(C4CCCC4)[nH]n3)n1)C2. The third kappa shape index (κ3) is 7.26. The van der Waals surface area contributed by atoms with Crippen molar-refractivity contribution < 1.29 is 9.59 Å². The Bertz CT molecular complexity index is 1310. The Balaban J connectivity index is 0.000000244. The van der Waals surface area contributed by atoms with Gasteiger partial charge in [-0.25, -0.2) is 4.98 Å². The molecule has 7 rings (SSSR count). The van der Waals surface area contributed by atoms with Crippen LogP contribution in [0.2, 0.25) is 0 Å². The summed E-state index contributed by atoms with van der Waals surface area (Å²) in [5.41, 5.74) is 2.77. The summed E-state index contributed by atoms with van der Waals surface area (Å²) in [7, 11) is 0. The van der Waals surface area contributed by atoms with E-state index >= 15 is 0 Å². The fourth-order valence-corrected chi connectivity index (χ4v) is 6.76. The largest absolute Gasteiger partial charge is 0.337 e. The first-order chi connectivity index (χ1) is 20.3. The molecule has 8 heteroatoms. The lowest BCUT2D eigenvalue weighted by Gasteiger charge is -2.38. The lowest BCUT2D eigenvalue weighted by Crippen LogP contribution is -2.36. The van der Waals surface area contributed by atoms with Crippen LogP contribution in [0.4, 0.5) is 17.6 Å². The van der Waals surface area contributed by atoms with Gasteiger partial charge < -0.3 is 10.2 Å². The molecule has 1 atom stereocenters. The zero-order valence-corrected chi connectivity index (χ0v) is 26.2. The number of carbonyl (C=O) groups excluding carboxylic acids is 2. The van der Waals surface area contributed by atoms with E-state index in [1.165, 1.54) is 70.9 Å². The highest BCUT2D eigenvalue weighted by atomic mass is 16.1. The van der Waals surface area contributed by atoms with Gasteiger partial charge in [-0.15, -0.1) is 0 Å². The molecule has 2 N–H and O–H groups in total. The molecule has 42 heavy (non-hydrogen) atoms. The minimum atomic E-state index is -0.0687. The lowest BCUT2D eigenvalue weighted by molar-refractivity contribution is 0.0981.